The van der Waals surface area contributed by atoms with E-state index in [1.165, 1.54) is 6.07 Å². The Kier molecular flexibility index (Phi) is 3.33. The molecule has 0 aliphatic carbocycles. The smallest absolute Gasteiger partial charge is 0.272 e. The molecule has 1 aromatic heterocycles. The van der Waals surface area contributed by atoms with E-state index in [0.717, 1.165) is 23.7 Å². The molecule has 18 heavy (non-hydrogen) atoms. The molecular formula is C9H7FN4O3S. The largest absolute Gasteiger partial charge is 0.484 e. The van der Waals surface area contributed by atoms with E-state index in [1.807, 2.05) is 0 Å². The number of halogens is 1. The normalized spacial score (nSPS) is 10.3. The molecule has 0 radical (unpaired) electrons. The highest BCUT2D eigenvalue weighted by molar-refractivity contribution is 7.09. The van der Waals surface area contributed by atoms with Crippen LogP contribution in [0.3, 0.4) is 0 Å². The monoisotopic (exact) mass is 270 g/mol. The summed E-state index contributed by atoms with van der Waals surface area (Å²) >= 11 is 1.00. The van der Waals surface area contributed by atoms with Crippen molar-refractivity contribution in [1.29, 1.82) is 0 Å². The van der Waals surface area contributed by atoms with E-state index in [2.05, 4.69) is 9.59 Å². The molecule has 7 nitrogen and oxygen atoms in total. The molecule has 0 bridgehead atoms. The first-order valence-electron chi connectivity index (χ1n) is 4.71. The Bertz CT molecular complexity index is 589. The summed E-state index contributed by atoms with van der Waals surface area (Å²) in [4.78, 5) is 9.73. The number of nitrogens with zero attached hydrogens (tertiary/aromatic N) is 3. The third kappa shape index (κ3) is 2.51. The molecule has 0 fully saturated rings. The lowest BCUT2D eigenvalue weighted by Crippen LogP contribution is -2.01. The van der Waals surface area contributed by atoms with Crippen LogP contribution in [0.2, 0.25) is 0 Å². The molecular weight excluding hydrogens is 263 g/mol. The minimum atomic E-state index is -0.814. The average molecular weight is 270 g/mol. The fourth-order valence-corrected chi connectivity index (χ4v) is 1.61. The van der Waals surface area contributed by atoms with Crippen LogP contribution in [0.1, 0.15) is 5.69 Å². The van der Waals surface area contributed by atoms with Crippen molar-refractivity contribution in [1.82, 2.24) is 9.59 Å². The standard InChI is InChI=1S/C9H7FN4O3S/c10-6-3-5(14(15)16)1-2-8(6)17-4-7-9(11)18-13-12-7/h1-3H,4,11H2. The lowest BCUT2D eigenvalue weighted by atomic mass is 10.3. The quantitative estimate of drug-likeness (QED) is 0.670. The molecule has 0 atom stereocenters. The van der Waals surface area contributed by atoms with Crippen LogP contribution >= 0.6 is 11.5 Å². The van der Waals surface area contributed by atoms with Gasteiger partial charge in [-0.1, -0.05) is 4.49 Å². The molecule has 2 rings (SSSR count). The van der Waals surface area contributed by atoms with Gasteiger partial charge in [-0.15, -0.1) is 5.10 Å². The molecule has 0 amide bonds. The van der Waals surface area contributed by atoms with Crippen LogP contribution in [0.15, 0.2) is 18.2 Å². The summed E-state index contributed by atoms with van der Waals surface area (Å²) in [6.07, 6.45) is 0. The Morgan fingerprint density at radius 2 is 2.33 bits per heavy atom. The molecule has 0 saturated carbocycles. The Labute approximate surface area is 104 Å². The van der Waals surface area contributed by atoms with Crippen molar-refractivity contribution in [3.05, 3.63) is 39.8 Å². The van der Waals surface area contributed by atoms with Crippen molar-refractivity contribution in [2.75, 3.05) is 5.73 Å². The van der Waals surface area contributed by atoms with Gasteiger partial charge in [0.1, 0.15) is 17.3 Å². The van der Waals surface area contributed by atoms with Crippen LogP contribution in [-0.4, -0.2) is 14.5 Å². The Morgan fingerprint density at radius 3 is 2.89 bits per heavy atom. The predicted molar refractivity (Wildman–Crippen MR) is 61.7 cm³/mol. The topological polar surface area (TPSA) is 104 Å². The summed E-state index contributed by atoms with van der Waals surface area (Å²) in [5.74, 6) is -0.918. The number of hydrogen-bond acceptors (Lipinski definition) is 7. The number of non-ortho nitro benzene ring substituents is 1. The van der Waals surface area contributed by atoms with Gasteiger partial charge in [-0.3, -0.25) is 10.1 Å². The first-order valence-corrected chi connectivity index (χ1v) is 5.48. The Balaban J connectivity index is 2.11. The van der Waals surface area contributed by atoms with Crippen molar-refractivity contribution >= 4 is 22.2 Å². The first kappa shape index (κ1) is 12.2. The number of aromatic nitrogens is 2. The fraction of sp³-hybridized carbons (Fsp3) is 0.111. The average Bonchev–Trinajstić information content (AvgIpc) is 2.73. The minimum Gasteiger partial charge on any atom is -0.484 e. The van der Waals surface area contributed by atoms with Gasteiger partial charge in [0.05, 0.1) is 11.0 Å². The SMILES string of the molecule is Nc1snnc1COc1ccc([N+](=O)[O-])cc1F. The Hall–Kier alpha value is -2.29. The number of nitrogens with two attached hydrogens (primary N) is 1. The molecule has 0 spiro atoms. The zero-order valence-electron chi connectivity index (χ0n) is 8.87. The summed E-state index contributed by atoms with van der Waals surface area (Å²) in [7, 11) is 0. The molecule has 0 unspecified atom stereocenters. The maximum atomic E-state index is 13.4. The number of ether oxygens (including phenoxy) is 1. The van der Waals surface area contributed by atoms with Crippen molar-refractivity contribution in [2.45, 2.75) is 6.61 Å². The highest BCUT2D eigenvalue weighted by atomic mass is 32.1. The first-order chi connectivity index (χ1) is 8.58. The van der Waals surface area contributed by atoms with Gasteiger partial charge >= 0.3 is 0 Å². The van der Waals surface area contributed by atoms with Gasteiger partial charge in [0.2, 0.25) is 0 Å². The third-order valence-electron chi connectivity index (χ3n) is 2.08. The lowest BCUT2D eigenvalue weighted by molar-refractivity contribution is -0.385. The Morgan fingerprint density at radius 1 is 1.56 bits per heavy atom. The van der Waals surface area contributed by atoms with Crippen LogP contribution in [-0.2, 0) is 6.61 Å². The third-order valence-corrected chi connectivity index (χ3v) is 2.67. The van der Waals surface area contributed by atoms with E-state index in [9.17, 15) is 14.5 Å². The van der Waals surface area contributed by atoms with E-state index in [1.54, 1.807) is 0 Å². The highest BCUT2D eigenvalue weighted by Crippen LogP contribution is 2.24. The number of rotatable bonds is 4. The molecule has 0 saturated heterocycles. The van der Waals surface area contributed by atoms with Crippen LogP contribution in [0.5, 0.6) is 5.75 Å². The number of nitro groups is 1. The summed E-state index contributed by atoms with van der Waals surface area (Å²) in [5, 5.41) is 14.5. The minimum absolute atomic E-state index is 0.0446. The van der Waals surface area contributed by atoms with Crippen LogP contribution in [0.4, 0.5) is 15.1 Å². The van der Waals surface area contributed by atoms with Gasteiger partial charge in [-0.2, -0.15) is 0 Å². The van der Waals surface area contributed by atoms with Crippen LogP contribution < -0.4 is 10.5 Å². The van der Waals surface area contributed by atoms with Gasteiger partial charge in [0, 0.05) is 17.6 Å². The molecule has 0 aliphatic rings. The van der Waals surface area contributed by atoms with E-state index in [-0.39, 0.29) is 18.0 Å². The maximum Gasteiger partial charge on any atom is 0.272 e. The molecule has 94 valence electrons. The van der Waals surface area contributed by atoms with Gasteiger partial charge in [-0.05, 0) is 6.07 Å². The number of benzene rings is 1. The fourth-order valence-electron chi connectivity index (χ4n) is 1.18. The molecule has 2 N–H and O–H groups in total. The number of anilines is 1. The maximum absolute atomic E-state index is 13.4. The zero-order valence-corrected chi connectivity index (χ0v) is 9.69. The van der Waals surface area contributed by atoms with E-state index < -0.39 is 10.7 Å². The molecule has 0 aliphatic heterocycles. The van der Waals surface area contributed by atoms with E-state index in [0.29, 0.717) is 10.7 Å². The lowest BCUT2D eigenvalue weighted by Gasteiger charge is -2.05. The van der Waals surface area contributed by atoms with Crippen molar-refractivity contribution in [3.8, 4) is 5.75 Å². The van der Waals surface area contributed by atoms with Gasteiger partial charge in [0.15, 0.2) is 11.6 Å². The second-order valence-electron chi connectivity index (χ2n) is 3.24. The summed E-state index contributed by atoms with van der Waals surface area (Å²) in [5.41, 5.74) is 5.60. The van der Waals surface area contributed by atoms with Crippen LogP contribution in [0.25, 0.3) is 0 Å². The highest BCUT2D eigenvalue weighted by Gasteiger charge is 2.12. The summed E-state index contributed by atoms with van der Waals surface area (Å²) in [6.45, 7) is -0.0446. The van der Waals surface area contributed by atoms with Crippen LogP contribution in [0, 0.1) is 15.9 Å². The second kappa shape index (κ2) is 4.92. The van der Waals surface area contributed by atoms with Gasteiger partial charge < -0.3 is 10.5 Å². The van der Waals surface area contributed by atoms with Gasteiger partial charge in [0.25, 0.3) is 5.69 Å². The van der Waals surface area contributed by atoms with Crippen molar-refractivity contribution in [3.63, 3.8) is 0 Å². The summed E-state index contributed by atoms with van der Waals surface area (Å²) in [6, 6.07) is 3.13. The second-order valence-corrected chi connectivity index (χ2v) is 4.03. The molecule has 1 heterocycles. The number of nitro benzene ring substituents is 1. The van der Waals surface area contributed by atoms with Crippen molar-refractivity contribution < 1.29 is 14.1 Å². The van der Waals surface area contributed by atoms with E-state index >= 15 is 0 Å². The number of hydrogen-bond donors (Lipinski definition) is 1. The van der Waals surface area contributed by atoms with Gasteiger partial charge in [-0.25, -0.2) is 4.39 Å². The predicted octanol–water partition coefficient (Wildman–Crippen LogP) is 1.75. The molecule has 2 aromatic rings. The van der Waals surface area contributed by atoms with E-state index in [4.69, 9.17) is 10.5 Å². The zero-order chi connectivity index (χ0) is 13.1. The molecule has 1 aromatic carbocycles. The van der Waals surface area contributed by atoms with Crippen molar-refractivity contribution in [2.24, 2.45) is 0 Å². The summed E-state index contributed by atoms with van der Waals surface area (Å²) < 4.78 is 22.2. The molecule has 9 heteroatoms. The number of nitrogen functional groups attached to an aromatic ring is 1.